The fraction of sp³-hybridized carbons (Fsp3) is 0.600. The van der Waals surface area contributed by atoms with Crippen molar-refractivity contribution >= 4 is 11.7 Å². The van der Waals surface area contributed by atoms with E-state index < -0.39 is 5.41 Å². The first-order valence-electron chi connectivity index (χ1n) is 9.22. The molecular formula is C20H28N2O3. The number of hydrogen-bond donors (Lipinski definition) is 0. The molecule has 0 aliphatic carbocycles. The molecule has 25 heavy (non-hydrogen) atoms. The number of nitrogens with zero attached hydrogens (tertiary/aromatic N) is 2. The second-order valence-electron chi connectivity index (χ2n) is 7.15. The maximum atomic E-state index is 12.7. The number of hydrogen-bond acceptors (Lipinski definition) is 4. The molecule has 0 aromatic heterocycles. The number of benzene rings is 1. The summed E-state index contributed by atoms with van der Waals surface area (Å²) in [7, 11) is 0. The summed E-state index contributed by atoms with van der Waals surface area (Å²) in [6.07, 6.45) is 1.54. The minimum atomic E-state index is -0.403. The van der Waals surface area contributed by atoms with Gasteiger partial charge in [-0.05, 0) is 32.3 Å². The average molecular weight is 344 g/mol. The Morgan fingerprint density at radius 3 is 2.20 bits per heavy atom. The number of morpholine rings is 1. The van der Waals surface area contributed by atoms with E-state index in [0.29, 0.717) is 26.3 Å². The van der Waals surface area contributed by atoms with Gasteiger partial charge in [-0.1, -0.05) is 30.3 Å². The second-order valence-corrected chi connectivity index (χ2v) is 7.15. The van der Waals surface area contributed by atoms with Gasteiger partial charge in [-0.2, -0.15) is 0 Å². The predicted octanol–water partition coefficient (Wildman–Crippen LogP) is 1.86. The lowest BCUT2D eigenvalue weighted by Gasteiger charge is -2.43. The number of ether oxygens (including phenoxy) is 1. The van der Waals surface area contributed by atoms with Gasteiger partial charge in [0.1, 0.15) is 5.78 Å². The van der Waals surface area contributed by atoms with Crippen LogP contribution >= 0.6 is 0 Å². The van der Waals surface area contributed by atoms with Crippen LogP contribution in [-0.4, -0.2) is 66.9 Å². The van der Waals surface area contributed by atoms with Crippen LogP contribution in [-0.2, 0) is 19.7 Å². The second kappa shape index (κ2) is 7.67. The molecule has 2 aliphatic rings. The van der Waals surface area contributed by atoms with Crippen LogP contribution in [0.1, 0.15) is 32.3 Å². The Balaban J connectivity index is 1.67. The molecule has 1 aromatic rings. The van der Waals surface area contributed by atoms with Crippen molar-refractivity contribution in [1.82, 2.24) is 9.80 Å². The number of rotatable bonds is 4. The standard InChI is InChI=1S/C20H28N2O3/c1-16(19(24)22-12-14-25-15-13-22)21-10-8-20(9-11-21,17(2)23)18-6-4-3-5-7-18/h3-7,16H,8-15H2,1-2H3/t16-/m1/s1. The number of ketones is 1. The smallest absolute Gasteiger partial charge is 0.239 e. The molecule has 2 heterocycles. The third-order valence-electron chi connectivity index (χ3n) is 5.88. The van der Waals surface area contributed by atoms with Crippen molar-refractivity contribution in [2.75, 3.05) is 39.4 Å². The summed E-state index contributed by atoms with van der Waals surface area (Å²) in [5.41, 5.74) is 0.703. The Bertz CT molecular complexity index is 603. The van der Waals surface area contributed by atoms with Gasteiger partial charge in [0, 0.05) is 26.2 Å². The third-order valence-corrected chi connectivity index (χ3v) is 5.88. The number of carbonyl (C=O) groups is 2. The molecule has 2 aliphatic heterocycles. The van der Waals surface area contributed by atoms with Crippen molar-refractivity contribution in [2.24, 2.45) is 0 Å². The summed E-state index contributed by atoms with van der Waals surface area (Å²) in [5, 5.41) is 0. The Kier molecular flexibility index (Phi) is 5.54. The molecule has 0 spiro atoms. The van der Waals surface area contributed by atoms with Gasteiger partial charge >= 0.3 is 0 Å². The molecule has 5 heteroatoms. The van der Waals surface area contributed by atoms with Crippen LogP contribution < -0.4 is 0 Å². The lowest BCUT2D eigenvalue weighted by atomic mass is 9.70. The molecule has 0 N–H and O–H groups in total. The van der Waals surface area contributed by atoms with E-state index in [4.69, 9.17) is 4.74 Å². The van der Waals surface area contributed by atoms with E-state index in [9.17, 15) is 9.59 Å². The Labute approximate surface area is 149 Å². The summed E-state index contributed by atoms with van der Waals surface area (Å²) >= 11 is 0. The zero-order chi connectivity index (χ0) is 17.9. The number of Topliss-reactive ketones (excluding diaryl/α,β-unsaturated/α-hetero) is 1. The van der Waals surface area contributed by atoms with Crippen molar-refractivity contribution in [1.29, 1.82) is 0 Å². The first kappa shape index (κ1) is 18.1. The summed E-state index contributed by atoms with van der Waals surface area (Å²) in [6.45, 7) is 7.83. The first-order valence-corrected chi connectivity index (χ1v) is 9.22. The molecule has 136 valence electrons. The molecule has 1 atom stereocenters. The molecule has 1 amide bonds. The monoisotopic (exact) mass is 344 g/mol. The van der Waals surface area contributed by atoms with Crippen molar-refractivity contribution < 1.29 is 14.3 Å². The lowest BCUT2D eigenvalue weighted by Crippen LogP contribution is -2.55. The van der Waals surface area contributed by atoms with Gasteiger partial charge in [-0.25, -0.2) is 0 Å². The Morgan fingerprint density at radius 1 is 1.04 bits per heavy atom. The van der Waals surface area contributed by atoms with Crippen LogP contribution in [0.5, 0.6) is 0 Å². The molecule has 2 fully saturated rings. The molecule has 0 saturated carbocycles. The maximum absolute atomic E-state index is 12.7. The normalized spacial score (nSPS) is 22.4. The van der Waals surface area contributed by atoms with Gasteiger partial charge in [0.05, 0.1) is 24.7 Å². The number of piperidine rings is 1. The van der Waals surface area contributed by atoms with E-state index >= 15 is 0 Å². The van der Waals surface area contributed by atoms with Crippen molar-refractivity contribution in [3.63, 3.8) is 0 Å². The fourth-order valence-corrected chi connectivity index (χ4v) is 4.10. The van der Waals surface area contributed by atoms with Gasteiger partial charge in [-0.3, -0.25) is 14.5 Å². The van der Waals surface area contributed by atoms with Crippen molar-refractivity contribution in [3.05, 3.63) is 35.9 Å². The minimum absolute atomic E-state index is 0.140. The number of amides is 1. The molecule has 0 bridgehead atoms. The van der Waals surface area contributed by atoms with Crippen LogP contribution in [0.3, 0.4) is 0 Å². The first-order chi connectivity index (χ1) is 12.0. The van der Waals surface area contributed by atoms with Gasteiger partial charge in [0.25, 0.3) is 0 Å². The quantitative estimate of drug-likeness (QED) is 0.837. The Morgan fingerprint density at radius 2 is 1.64 bits per heavy atom. The SMILES string of the molecule is CC(=O)C1(c2ccccc2)CCN([C@H](C)C(=O)N2CCOCC2)CC1. The van der Waals surface area contributed by atoms with E-state index in [0.717, 1.165) is 31.5 Å². The maximum Gasteiger partial charge on any atom is 0.239 e. The minimum Gasteiger partial charge on any atom is -0.378 e. The summed E-state index contributed by atoms with van der Waals surface area (Å²) in [6, 6.07) is 9.95. The highest BCUT2D eigenvalue weighted by Crippen LogP contribution is 2.37. The summed E-state index contributed by atoms with van der Waals surface area (Å²) in [5.74, 6) is 0.406. The molecule has 5 nitrogen and oxygen atoms in total. The van der Waals surface area contributed by atoms with E-state index in [1.54, 1.807) is 6.92 Å². The average Bonchev–Trinajstić information content (AvgIpc) is 2.68. The lowest BCUT2D eigenvalue weighted by molar-refractivity contribution is -0.141. The number of likely N-dealkylation sites (tertiary alicyclic amines) is 1. The van der Waals surface area contributed by atoms with E-state index in [-0.39, 0.29) is 17.7 Å². The summed E-state index contributed by atoms with van der Waals surface area (Å²) < 4.78 is 5.33. The van der Waals surface area contributed by atoms with Crippen LogP contribution in [0.15, 0.2) is 30.3 Å². The third kappa shape index (κ3) is 3.62. The van der Waals surface area contributed by atoms with Gasteiger partial charge < -0.3 is 9.64 Å². The molecule has 2 saturated heterocycles. The summed E-state index contributed by atoms with van der Waals surface area (Å²) in [4.78, 5) is 29.3. The zero-order valence-electron chi connectivity index (χ0n) is 15.2. The molecule has 1 aromatic carbocycles. The van der Waals surface area contributed by atoms with E-state index in [1.165, 1.54) is 0 Å². The van der Waals surface area contributed by atoms with Gasteiger partial charge in [0.2, 0.25) is 5.91 Å². The zero-order valence-corrected chi connectivity index (χ0v) is 15.2. The fourth-order valence-electron chi connectivity index (χ4n) is 4.10. The molecule has 0 unspecified atom stereocenters. The van der Waals surface area contributed by atoms with E-state index in [1.807, 2.05) is 30.0 Å². The van der Waals surface area contributed by atoms with Crippen LogP contribution in [0, 0.1) is 0 Å². The van der Waals surface area contributed by atoms with Crippen molar-refractivity contribution in [3.8, 4) is 0 Å². The topological polar surface area (TPSA) is 49.9 Å². The van der Waals surface area contributed by atoms with Crippen molar-refractivity contribution in [2.45, 2.75) is 38.1 Å². The van der Waals surface area contributed by atoms with Gasteiger partial charge in [-0.15, -0.1) is 0 Å². The number of carbonyl (C=O) groups excluding carboxylic acids is 2. The predicted molar refractivity (Wildman–Crippen MR) is 96.5 cm³/mol. The molecule has 3 rings (SSSR count). The highest BCUT2D eigenvalue weighted by atomic mass is 16.5. The Hall–Kier alpha value is -1.72. The molecule has 0 radical (unpaired) electrons. The highest BCUT2D eigenvalue weighted by molar-refractivity contribution is 5.88. The largest absolute Gasteiger partial charge is 0.378 e. The van der Waals surface area contributed by atoms with E-state index in [2.05, 4.69) is 17.0 Å². The van der Waals surface area contributed by atoms with Crippen LogP contribution in [0.25, 0.3) is 0 Å². The van der Waals surface area contributed by atoms with Crippen LogP contribution in [0.2, 0.25) is 0 Å². The highest BCUT2D eigenvalue weighted by Gasteiger charge is 2.42. The van der Waals surface area contributed by atoms with Gasteiger partial charge in [0.15, 0.2) is 0 Å². The molecular weight excluding hydrogens is 316 g/mol. The van der Waals surface area contributed by atoms with Crippen LogP contribution in [0.4, 0.5) is 0 Å².